The molecule has 1 atom stereocenters. The molecule has 1 saturated heterocycles. The van der Waals surface area contributed by atoms with Crippen LogP contribution in [0.25, 0.3) is 0 Å². The van der Waals surface area contributed by atoms with Gasteiger partial charge in [0.15, 0.2) is 0 Å². The lowest BCUT2D eigenvalue weighted by Gasteiger charge is -2.16. The molecule has 0 spiro atoms. The van der Waals surface area contributed by atoms with Gasteiger partial charge in [0, 0.05) is 31.2 Å². The van der Waals surface area contributed by atoms with Crippen LogP contribution in [0.1, 0.15) is 22.5 Å². The molecule has 2 aromatic rings. The number of pyridine rings is 2. The van der Waals surface area contributed by atoms with Gasteiger partial charge in [0.1, 0.15) is 5.02 Å². The molecule has 3 heterocycles. The van der Waals surface area contributed by atoms with E-state index in [0.29, 0.717) is 24.6 Å². The molecule has 1 aliphatic heterocycles. The lowest BCUT2D eigenvalue weighted by atomic mass is 10.0. The average Bonchev–Trinajstić information content (AvgIpc) is 2.99. The third-order valence-corrected chi connectivity index (χ3v) is 4.18. The summed E-state index contributed by atoms with van der Waals surface area (Å²) in [5.41, 5.74) is 1.09. The molecular weight excluding hydrogens is 302 g/mol. The number of aromatic amines is 1. The van der Waals surface area contributed by atoms with Gasteiger partial charge < -0.3 is 9.88 Å². The van der Waals surface area contributed by atoms with Crippen LogP contribution in [-0.2, 0) is 6.42 Å². The Morgan fingerprint density at radius 1 is 1.45 bits per heavy atom. The SMILES string of the molecule is O=C(c1c[nH]c(=O)c(Cl)c1)N1CCC(Cc2ccccn2)C1. The summed E-state index contributed by atoms with van der Waals surface area (Å²) >= 11 is 5.78. The third kappa shape index (κ3) is 3.20. The van der Waals surface area contributed by atoms with Crippen molar-refractivity contribution in [3.63, 3.8) is 0 Å². The first-order chi connectivity index (χ1) is 10.6. The van der Waals surface area contributed by atoms with E-state index >= 15 is 0 Å². The second-order valence-corrected chi connectivity index (χ2v) is 5.90. The molecule has 5 nitrogen and oxygen atoms in total. The Bertz CT molecular complexity index is 730. The highest BCUT2D eigenvalue weighted by molar-refractivity contribution is 6.30. The number of hydrogen-bond acceptors (Lipinski definition) is 3. The largest absolute Gasteiger partial charge is 0.338 e. The zero-order valence-electron chi connectivity index (χ0n) is 12.0. The second kappa shape index (κ2) is 6.32. The highest BCUT2D eigenvalue weighted by Gasteiger charge is 2.27. The van der Waals surface area contributed by atoms with Crippen molar-refractivity contribution in [2.24, 2.45) is 5.92 Å². The molecule has 1 N–H and O–H groups in total. The van der Waals surface area contributed by atoms with Gasteiger partial charge in [0.05, 0.1) is 5.56 Å². The fourth-order valence-electron chi connectivity index (χ4n) is 2.76. The van der Waals surface area contributed by atoms with E-state index in [-0.39, 0.29) is 16.5 Å². The van der Waals surface area contributed by atoms with Crippen LogP contribution in [0.2, 0.25) is 5.02 Å². The molecule has 1 amide bonds. The Balaban J connectivity index is 1.65. The number of hydrogen-bond donors (Lipinski definition) is 1. The number of rotatable bonds is 3. The zero-order valence-corrected chi connectivity index (χ0v) is 12.7. The summed E-state index contributed by atoms with van der Waals surface area (Å²) in [7, 11) is 0. The summed E-state index contributed by atoms with van der Waals surface area (Å²) in [5.74, 6) is 0.318. The molecule has 1 fully saturated rings. The first-order valence-electron chi connectivity index (χ1n) is 7.21. The van der Waals surface area contributed by atoms with Crippen molar-refractivity contribution in [1.29, 1.82) is 0 Å². The molecule has 6 heteroatoms. The minimum absolute atomic E-state index is 0.0371. The highest BCUT2D eigenvalue weighted by Crippen LogP contribution is 2.22. The predicted molar refractivity (Wildman–Crippen MR) is 84.0 cm³/mol. The molecule has 0 saturated carbocycles. The molecule has 0 aromatic carbocycles. The van der Waals surface area contributed by atoms with Crippen LogP contribution in [0.3, 0.4) is 0 Å². The normalized spacial score (nSPS) is 17.7. The van der Waals surface area contributed by atoms with Crippen LogP contribution in [-0.4, -0.2) is 33.9 Å². The maximum Gasteiger partial charge on any atom is 0.266 e. The third-order valence-electron chi connectivity index (χ3n) is 3.90. The number of aromatic nitrogens is 2. The van der Waals surface area contributed by atoms with Crippen molar-refractivity contribution in [2.45, 2.75) is 12.8 Å². The van der Waals surface area contributed by atoms with Gasteiger partial charge in [-0.3, -0.25) is 14.6 Å². The monoisotopic (exact) mass is 317 g/mol. The number of likely N-dealkylation sites (tertiary alicyclic amines) is 1. The van der Waals surface area contributed by atoms with Gasteiger partial charge in [0.25, 0.3) is 11.5 Å². The van der Waals surface area contributed by atoms with Crippen molar-refractivity contribution in [1.82, 2.24) is 14.9 Å². The Morgan fingerprint density at radius 3 is 3.05 bits per heavy atom. The Kier molecular flexibility index (Phi) is 4.24. The highest BCUT2D eigenvalue weighted by atomic mass is 35.5. The van der Waals surface area contributed by atoms with Gasteiger partial charge in [-0.25, -0.2) is 0 Å². The topological polar surface area (TPSA) is 66.1 Å². The quantitative estimate of drug-likeness (QED) is 0.943. The summed E-state index contributed by atoms with van der Waals surface area (Å²) in [6, 6.07) is 7.30. The first-order valence-corrected chi connectivity index (χ1v) is 7.58. The number of halogens is 1. The van der Waals surface area contributed by atoms with Crippen LogP contribution in [0.4, 0.5) is 0 Å². The van der Waals surface area contributed by atoms with E-state index < -0.39 is 0 Å². The van der Waals surface area contributed by atoms with Crippen molar-refractivity contribution < 1.29 is 4.79 Å². The van der Waals surface area contributed by atoms with E-state index in [1.165, 1.54) is 12.3 Å². The summed E-state index contributed by atoms with van der Waals surface area (Å²) in [5, 5.41) is 0.0371. The van der Waals surface area contributed by atoms with Crippen molar-refractivity contribution >= 4 is 17.5 Å². The van der Waals surface area contributed by atoms with Gasteiger partial charge in [-0.1, -0.05) is 17.7 Å². The van der Waals surface area contributed by atoms with E-state index in [4.69, 9.17) is 11.6 Å². The second-order valence-electron chi connectivity index (χ2n) is 5.50. The molecule has 0 aliphatic carbocycles. The number of amides is 1. The summed E-state index contributed by atoms with van der Waals surface area (Å²) < 4.78 is 0. The minimum atomic E-state index is -0.382. The molecule has 0 radical (unpaired) electrons. The Morgan fingerprint density at radius 2 is 2.32 bits per heavy atom. The average molecular weight is 318 g/mol. The van der Waals surface area contributed by atoms with Gasteiger partial charge in [-0.05, 0) is 37.0 Å². The number of carbonyl (C=O) groups is 1. The van der Waals surface area contributed by atoms with Crippen LogP contribution >= 0.6 is 11.6 Å². The molecule has 0 bridgehead atoms. The van der Waals surface area contributed by atoms with Crippen LogP contribution in [0, 0.1) is 5.92 Å². The Labute approximate surface area is 132 Å². The number of carbonyl (C=O) groups excluding carboxylic acids is 1. The van der Waals surface area contributed by atoms with Gasteiger partial charge in [-0.15, -0.1) is 0 Å². The maximum absolute atomic E-state index is 12.4. The molecule has 3 rings (SSSR count). The van der Waals surface area contributed by atoms with Crippen LogP contribution < -0.4 is 5.56 Å². The van der Waals surface area contributed by atoms with Gasteiger partial charge >= 0.3 is 0 Å². The van der Waals surface area contributed by atoms with Crippen molar-refractivity contribution in [3.05, 3.63) is 63.3 Å². The summed E-state index contributed by atoms with van der Waals surface area (Å²) in [4.78, 5) is 32.3. The predicted octanol–water partition coefficient (Wildman–Crippen LogP) is 2.13. The fourth-order valence-corrected chi connectivity index (χ4v) is 2.93. The van der Waals surface area contributed by atoms with E-state index in [1.807, 2.05) is 18.2 Å². The zero-order chi connectivity index (χ0) is 15.5. The minimum Gasteiger partial charge on any atom is -0.338 e. The summed E-state index contributed by atoms with van der Waals surface area (Å²) in [6.45, 7) is 1.42. The molecule has 114 valence electrons. The fraction of sp³-hybridized carbons (Fsp3) is 0.312. The molecule has 22 heavy (non-hydrogen) atoms. The molecule has 1 aliphatic rings. The van der Waals surface area contributed by atoms with Crippen LogP contribution in [0.15, 0.2) is 41.5 Å². The number of nitrogens with one attached hydrogen (secondary N) is 1. The van der Waals surface area contributed by atoms with E-state index in [0.717, 1.165) is 18.5 Å². The van der Waals surface area contributed by atoms with Gasteiger partial charge in [-0.2, -0.15) is 0 Å². The smallest absolute Gasteiger partial charge is 0.266 e. The van der Waals surface area contributed by atoms with Crippen LogP contribution in [0.5, 0.6) is 0 Å². The molecule has 2 aromatic heterocycles. The maximum atomic E-state index is 12.4. The van der Waals surface area contributed by atoms with Crippen molar-refractivity contribution in [3.8, 4) is 0 Å². The number of H-pyrrole nitrogens is 1. The van der Waals surface area contributed by atoms with Gasteiger partial charge in [0.2, 0.25) is 0 Å². The summed E-state index contributed by atoms with van der Waals surface area (Å²) in [6.07, 6.45) is 5.04. The molecule has 1 unspecified atom stereocenters. The standard InChI is InChI=1S/C16H16ClN3O2/c17-14-8-12(9-19-15(14)21)16(22)20-6-4-11(10-20)7-13-3-1-2-5-18-13/h1-3,5,8-9,11H,4,6-7,10H2,(H,19,21). The molecular formula is C16H16ClN3O2. The van der Waals surface area contributed by atoms with E-state index in [9.17, 15) is 9.59 Å². The Hall–Kier alpha value is -2.14. The van der Waals surface area contributed by atoms with Crippen molar-refractivity contribution in [2.75, 3.05) is 13.1 Å². The lowest BCUT2D eigenvalue weighted by Crippen LogP contribution is -2.29. The van der Waals surface area contributed by atoms with E-state index in [2.05, 4.69) is 9.97 Å². The first kappa shape index (κ1) is 14.8. The lowest BCUT2D eigenvalue weighted by molar-refractivity contribution is 0.0786. The number of nitrogens with zero attached hydrogens (tertiary/aromatic N) is 2. The van der Waals surface area contributed by atoms with E-state index in [1.54, 1.807) is 11.1 Å².